The average Bonchev–Trinajstić information content (AvgIpc) is 3.17. The topological polar surface area (TPSA) is 176 Å². The Labute approximate surface area is 191 Å². The average molecular weight is 490 g/mol. The van der Waals surface area contributed by atoms with Gasteiger partial charge in [0.15, 0.2) is 17.0 Å². The van der Waals surface area contributed by atoms with Gasteiger partial charge in [-0.2, -0.15) is 9.97 Å². The molecule has 2 aromatic heterocycles. The van der Waals surface area contributed by atoms with E-state index in [1.807, 2.05) is 0 Å². The molecule has 2 heterocycles. The number of halogens is 1. The summed E-state index contributed by atoms with van der Waals surface area (Å²) >= 11 is 0. The van der Waals surface area contributed by atoms with E-state index < -0.39 is 44.8 Å². The van der Waals surface area contributed by atoms with Gasteiger partial charge in [0, 0.05) is 14.2 Å². The number of carbonyl (C=O) groups excluding carboxylic acids is 1. The standard InChI is InChI=1S/C18H30FN7O6P/c1-9(2)32-16(28)10(3)25-33(29)31-7-11(30-6)13(27)18(4,19)26-8-22-12-14(21-5)23-17(20)24-15(12)26/h8-11,13,27H,7H2,1-6H3,(H,25,29)(H3,20,21,23,24)/q+1/t10-,11-,13-,18+/m1/s1. The number of aliphatic hydroxyl groups excluding tert-OH is 1. The number of nitrogens with one attached hydrogen (secondary N) is 2. The predicted octanol–water partition coefficient (Wildman–Crippen LogP) is 1.07. The van der Waals surface area contributed by atoms with E-state index in [1.165, 1.54) is 14.0 Å². The summed E-state index contributed by atoms with van der Waals surface area (Å²) in [5, 5.41) is 16.0. The lowest BCUT2D eigenvalue weighted by Gasteiger charge is -2.31. The highest BCUT2D eigenvalue weighted by Crippen LogP contribution is 2.32. The number of rotatable bonds is 12. The van der Waals surface area contributed by atoms with Crippen molar-refractivity contribution in [1.29, 1.82) is 0 Å². The van der Waals surface area contributed by atoms with Crippen LogP contribution in [0.3, 0.4) is 0 Å². The first-order chi connectivity index (χ1) is 15.4. The molecule has 1 unspecified atom stereocenters. The summed E-state index contributed by atoms with van der Waals surface area (Å²) < 4.78 is 44.3. The van der Waals surface area contributed by atoms with Crippen LogP contribution in [0.25, 0.3) is 11.2 Å². The number of methoxy groups -OCH3 is 1. The number of fused-ring (bicyclic) bond motifs is 1. The molecule has 184 valence electrons. The Bertz CT molecular complexity index is 989. The highest BCUT2D eigenvalue weighted by Gasteiger charge is 2.43. The van der Waals surface area contributed by atoms with E-state index in [0.29, 0.717) is 5.82 Å². The normalized spacial score (nSPS) is 16.8. The van der Waals surface area contributed by atoms with E-state index in [1.54, 1.807) is 20.9 Å². The molecule has 15 heteroatoms. The number of nitrogen functional groups attached to an aromatic ring is 1. The zero-order chi connectivity index (χ0) is 24.9. The van der Waals surface area contributed by atoms with Crippen LogP contribution in [0.4, 0.5) is 16.2 Å². The van der Waals surface area contributed by atoms with Gasteiger partial charge in [0.05, 0.1) is 12.4 Å². The first kappa shape index (κ1) is 26.7. The fourth-order valence-electron chi connectivity index (χ4n) is 2.90. The number of aromatic nitrogens is 4. The highest BCUT2D eigenvalue weighted by molar-refractivity contribution is 7.36. The number of carbonyl (C=O) groups is 1. The first-order valence-electron chi connectivity index (χ1n) is 10.1. The number of hydrogen-bond donors (Lipinski definition) is 4. The third-order valence-corrected chi connectivity index (χ3v) is 5.66. The Morgan fingerprint density at radius 1 is 1.39 bits per heavy atom. The van der Waals surface area contributed by atoms with Gasteiger partial charge in [-0.1, -0.05) is 5.09 Å². The van der Waals surface area contributed by atoms with Crippen molar-refractivity contribution >= 4 is 37.1 Å². The summed E-state index contributed by atoms with van der Waals surface area (Å²) in [5.74, 6) is -2.90. The van der Waals surface area contributed by atoms with Gasteiger partial charge in [0.1, 0.15) is 24.9 Å². The molecule has 0 aromatic carbocycles. The molecule has 13 nitrogen and oxygen atoms in total. The Balaban J connectivity index is 2.12. The zero-order valence-corrected chi connectivity index (χ0v) is 20.2. The molecule has 2 rings (SSSR count). The van der Waals surface area contributed by atoms with Crippen molar-refractivity contribution in [1.82, 2.24) is 24.6 Å². The van der Waals surface area contributed by atoms with Crippen LogP contribution >= 0.6 is 8.18 Å². The van der Waals surface area contributed by atoms with Crippen molar-refractivity contribution in [2.75, 3.05) is 31.8 Å². The van der Waals surface area contributed by atoms with Gasteiger partial charge in [0.25, 0.3) is 0 Å². The second-order valence-corrected chi connectivity index (χ2v) is 8.63. The highest BCUT2D eigenvalue weighted by atomic mass is 31.1. The van der Waals surface area contributed by atoms with Crippen molar-refractivity contribution in [3.8, 4) is 0 Å². The lowest BCUT2D eigenvalue weighted by atomic mass is 10.0. The monoisotopic (exact) mass is 490 g/mol. The van der Waals surface area contributed by atoms with Crippen molar-refractivity contribution in [2.45, 2.75) is 57.8 Å². The minimum Gasteiger partial charge on any atom is -0.462 e. The summed E-state index contributed by atoms with van der Waals surface area (Å²) in [7, 11) is 0.296. The van der Waals surface area contributed by atoms with Gasteiger partial charge in [-0.05, 0) is 32.3 Å². The maximum Gasteiger partial charge on any atom is 0.613 e. The van der Waals surface area contributed by atoms with E-state index in [0.717, 1.165) is 17.8 Å². The lowest BCUT2D eigenvalue weighted by molar-refractivity contribution is -0.149. The second kappa shape index (κ2) is 11.1. The van der Waals surface area contributed by atoms with E-state index >= 15 is 4.39 Å². The SMILES string of the molecule is CNc1nc(N)nc2c1ncn2[C@](C)(F)[C@H](O)[C@@H](CO[P+](=O)N[C@H](C)C(=O)OC(C)C)OC. The lowest BCUT2D eigenvalue weighted by Crippen LogP contribution is -2.48. The summed E-state index contributed by atoms with van der Waals surface area (Å²) in [5.41, 5.74) is 6.00. The van der Waals surface area contributed by atoms with Crippen LogP contribution < -0.4 is 16.1 Å². The van der Waals surface area contributed by atoms with Crippen molar-refractivity contribution in [3.63, 3.8) is 0 Å². The number of nitrogens with zero attached hydrogens (tertiary/aromatic N) is 4. The van der Waals surface area contributed by atoms with Gasteiger partial charge in [-0.15, -0.1) is 4.52 Å². The minimum atomic E-state index is -2.54. The van der Waals surface area contributed by atoms with Gasteiger partial charge < -0.3 is 25.6 Å². The van der Waals surface area contributed by atoms with Crippen molar-refractivity contribution < 1.29 is 32.9 Å². The number of nitrogens with two attached hydrogens (primary N) is 1. The maximum atomic E-state index is 15.8. The zero-order valence-electron chi connectivity index (χ0n) is 19.3. The molecule has 0 fully saturated rings. The Morgan fingerprint density at radius 3 is 2.64 bits per heavy atom. The first-order valence-corrected chi connectivity index (χ1v) is 11.3. The molecule has 0 amide bonds. The number of ether oxygens (including phenoxy) is 2. The number of imidazole rings is 1. The molecule has 2 aromatic rings. The second-order valence-electron chi connectivity index (χ2n) is 7.60. The van der Waals surface area contributed by atoms with Crippen LogP contribution in [-0.4, -0.2) is 75.7 Å². The quantitative estimate of drug-likeness (QED) is 0.246. The van der Waals surface area contributed by atoms with Crippen molar-refractivity contribution in [2.24, 2.45) is 0 Å². The Morgan fingerprint density at radius 2 is 2.06 bits per heavy atom. The van der Waals surface area contributed by atoms with E-state index in [4.69, 9.17) is 19.7 Å². The van der Waals surface area contributed by atoms with Crippen LogP contribution in [0.5, 0.6) is 0 Å². The van der Waals surface area contributed by atoms with Gasteiger partial charge >= 0.3 is 14.1 Å². The summed E-state index contributed by atoms with van der Waals surface area (Å²) in [6, 6.07) is -0.905. The molecule has 0 bridgehead atoms. The summed E-state index contributed by atoms with van der Waals surface area (Å²) in [4.78, 5) is 23.9. The van der Waals surface area contributed by atoms with E-state index in [-0.39, 0.29) is 23.2 Å². The largest absolute Gasteiger partial charge is 0.613 e. The molecule has 0 aliphatic heterocycles. The predicted molar refractivity (Wildman–Crippen MR) is 118 cm³/mol. The summed E-state index contributed by atoms with van der Waals surface area (Å²) in [6.45, 7) is 5.48. The molecule has 5 atom stereocenters. The number of aliphatic hydroxyl groups is 1. The Kier molecular flexibility index (Phi) is 8.97. The number of anilines is 2. The fraction of sp³-hybridized carbons (Fsp3) is 0.667. The molecule has 0 aliphatic carbocycles. The minimum absolute atomic E-state index is 0.0527. The molecular formula is C18H30FN7O6P+. The van der Waals surface area contributed by atoms with Crippen LogP contribution in [0.2, 0.25) is 0 Å². The maximum absolute atomic E-state index is 15.8. The molecular weight excluding hydrogens is 460 g/mol. The molecule has 0 saturated heterocycles. The summed E-state index contributed by atoms with van der Waals surface area (Å²) in [6.07, 6.45) is -2.21. The van der Waals surface area contributed by atoms with Gasteiger partial charge in [-0.25, -0.2) is 9.37 Å². The number of alkyl halides is 1. The van der Waals surface area contributed by atoms with Crippen LogP contribution in [0.15, 0.2) is 6.33 Å². The van der Waals surface area contributed by atoms with Crippen molar-refractivity contribution in [3.05, 3.63) is 6.33 Å². The molecule has 0 aliphatic rings. The Hall–Kier alpha value is -2.51. The smallest absolute Gasteiger partial charge is 0.462 e. The van der Waals surface area contributed by atoms with E-state index in [9.17, 15) is 14.5 Å². The van der Waals surface area contributed by atoms with Gasteiger partial charge in [0.2, 0.25) is 11.7 Å². The fourth-order valence-corrected chi connectivity index (χ4v) is 3.68. The third-order valence-electron chi connectivity index (χ3n) is 4.68. The molecule has 0 radical (unpaired) electrons. The molecule has 5 N–H and O–H groups in total. The van der Waals surface area contributed by atoms with E-state index in [2.05, 4.69) is 25.4 Å². The molecule has 33 heavy (non-hydrogen) atoms. The molecule has 0 saturated carbocycles. The third kappa shape index (κ3) is 6.30. The number of hydrogen-bond acceptors (Lipinski definition) is 11. The van der Waals surface area contributed by atoms with Crippen LogP contribution in [0.1, 0.15) is 27.7 Å². The van der Waals surface area contributed by atoms with Crippen LogP contribution in [0, 0.1) is 0 Å². The van der Waals surface area contributed by atoms with Gasteiger partial charge in [-0.3, -0.25) is 9.36 Å². The number of esters is 1. The van der Waals surface area contributed by atoms with Crippen LogP contribution in [-0.2, 0) is 29.1 Å². The molecule has 0 spiro atoms.